The van der Waals surface area contributed by atoms with Crippen molar-refractivity contribution in [3.63, 3.8) is 0 Å². The summed E-state index contributed by atoms with van der Waals surface area (Å²) in [5.41, 5.74) is 0.873. The molecule has 0 aliphatic heterocycles. The molecule has 1 amide bonds. The van der Waals surface area contributed by atoms with Gasteiger partial charge < -0.3 is 14.5 Å². The van der Waals surface area contributed by atoms with Crippen LogP contribution in [0.15, 0.2) is 71.3 Å². The normalized spacial score (nSPS) is 10.8. The highest BCUT2D eigenvalue weighted by Crippen LogP contribution is 2.23. The Morgan fingerprint density at radius 2 is 1.84 bits per heavy atom. The lowest BCUT2D eigenvalue weighted by Crippen LogP contribution is -2.12. The lowest BCUT2D eigenvalue weighted by Gasteiger charge is -2.04. The summed E-state index contributed by atoms with van der Waals surface area (Å²) in [7, 11) is 0. The van der Waals surface area contributed by atoms with Crippen molar-refractivity contribution in [2.45, 2.75) is 13.2 Å². The Hall–Kier alpha value is -3.29. The fraction of sp³-hybridized carbons (Fsp3) is 0.0909. The van der Waals surface area contributed by atoms with Gasteiger partial charge in [0.15, 0.2) is 11.6 Å². The molecule has 0 spiro atoms. The second-order valence-electron chi connectivity index (χ2n) is 6.58. The van der Waals surface area contributed by atoms with Gasteiger partial charge in [0.05, 0.1) is 6.54 Å². The van der Waals surface area contributed by atoms with E-state index in [4.69, 9.17) is 32.4 Å². The second-order valence-corrected chi connectivity index (χ2v) is 7.39. The number of rotatable bonds is 7. The van der Waals surface area contributed by atoms with Crippen molar-refractivity contribution in [3.05, 3.63) is 99.8 Å². The molecule has 6 nitrogen and oxygen atoms in total. The molecule has 0 radical (unpaired) electrons. The number of halogens is 3. The maximum absolute atomic E-state index is 12.9. The molecule has 158 valence electrons. The fourth-order valence-electron chi connectivity index (χ4n) is 2.80. The van der Waals surface area contributed by atoms with E-state index in [1.54, 1.807) is 23.0 Å². The van der Waals surface area contributed by atoms with Gasteiger partial charge in [0, 0.05) is 11.2 Å². The highest BCUT2D eigenvalue weighted by Gasteiger charge is 2.16. The summed E-state index contributed by atoms with van der Waals surface area (Å²) in [5.74, 6) is 0.355. The number of anilines is 1. The van der Waals surface area contributed by atoms with Gasteiger partial charge in [-0.1, -0.05) is 41.4 Å². The molecule has 9 heteroatoms. The average molecular weight is 460 g/mol. The quantitative estimate of drug-likeness (QED) is 0.379. The lowest BCUT2D eigenvalue weighted by molar-refractivity contribution is 0.0992. The molecular weight excluding hydrogens is 444 g/mol. The molecule has 2 aromatic carbocycles. The summed E-state index contributed by atoms with van der Waals surface area (Å²) < 4.78 is 25.5. The van der Waals surface area contributed by atoms with Crippen molar-refractivity contribution in [2.24, 2.45) is 0 Å². The highest BCUT2D eigenvalue weighted by molar-refractivity contribution is 6.33. The van der Waals surface area contributed by atoms with Gasteiger partial charge in [-0.25, -0.2) is 4.39 Å². The zero-order valence-corrected chi connectivity index (χ0v) is 17.5. The number of furan rings is 1. The predicted molar refractivity (Wildman–Crippen MR) is 115 cm³/mol. The zero-order chi connectivity index (χ0) is 21.8. The van der Waals surface area contributed by atoms with Gasteiger partial charge in [0.25, 0.3) is 5.91 Å². The summed E-state index contributed by atoms with van der Waals surface area (Å²) in [6.45, 7) is 0.493. The molecule has 0 saturated heterocycles. The zero-order valence-electron chi connectivity index (χ0n) is 16.0. The molecule has 0 atom stereocenters. The van der Waals surface area contributed by atoms with E-state index < -0.39 is 5.91 Å². The molecule has 1 N–H and O–H groups in total. The van der Waals surface area contributed by atoms with Crippen molar-refractivity contribution in [1.82, 2.24) is 9.78 Å². The van der Waals surface area contributed by atoms with Crippen LogP contribution in [-0.4, -0.2) is 15.7 Å². The van der Waals surface area contributed by atoms with Crippen molar-refractivity contribution in [1.29, 1.82) is 0 Å². The van der Waals surface area contributed by atoms with Crippen LogP contribution in [-0.2, 0) is 13.2 Å². The van der Waals surface area contributed by atoms with Crippen LogP contribution >= 0.6 is 23.2 Å². The molecule has 0 aliphatic rings. The number of hydrogen-bond acceptors (Lipinski definition) is 4. The molecular formula is C22H16Cl2FN3O3. The summed E-state index contributed by atoms with van der Waals surface area (Å²) in [5, 5.41) is 7.83. The Kier molecular flexibility index (Phi) is 6.25. The third kappa shape index (κ3) is 5.25. The third-order valence-electron chi connectivity index (χ3n) is 4.32. The number of ether oxygens (including phenoxy) is 1. The second kappa shape index (κ2) is 9.24. The van der Waals surface area contributed by atoms with Crippen LogP contribution in [0.5, 0.6) is 5.75 Å². The predicted octanol–water partition coefficient (Wildman–Crippen LogP) is 5.80. The Morgan fingerprint density at radius 3 is 2.61 bits per heavy atom. The van der Waals surface area contributed by atoms with Crippen LogP contribution in [0, 0.1) is 5.82 Å². The molecule has 0 bridgehead atoms. The lowest BCUT2D eigenvalue weighted by atomic mass is 10.2. The van der Waals surface area contributed by atoms with Crippen LogP contribution in [0.2, 0.25) is 10.0 Å². The molecule has 0 unspecified atom stereocenters. The summed E-state index contributed by atoms with van der Waals surface area (Å²) in [6, 6.07) is 16.1. The van der Waals surface area contributed by atoms with E-state index >= 15 is 0 Å². The molecule has 31 heavy (non-hydrogen) atoms. The topological polar surface area (TPSA) is 69.3 Å². The maximum atomic E-state index is 12.9. The van der Waals surface area contributed by atoms with Gasteiger partial charge in [-0.05, 0) is 48.0 Å². The number of nitrogens with zero attached hydrogens (tertiary/aromatic N) is 2. The number of hydrogen-bond donors (Lipinski definition) is 1. The van der Waals surface area contributed by atoms with E-state index in [0.717, 1.165) is 5.56 Å². The number of aromatic nitrogens is 2. The van der Waals surface area contributed by atoms with E-state index in [-0.39, 0.29) is 29.0 Å². The SMILES string of the molecule is O=C(Nc1nn(Cc2ccccc2Cl)cc1Cl)c1ccc(COc2ccc(F)cc2)o1. The van der Waals surface area contributed by atoms with Crippen molar-refractivity contribution < 1.29 is 18.3 Å². The summed E-state index contributed by atoms with van der Waals surface area (Å²) in [6.07, 6.45) is 1.60. The van der Waals surface area contributed by atoms with E-state index in [0.29, 0.717) is 23.1 Å². The molecule has 2 aromatic heterocycles. The number of nitrogens with one attached hydrogen (secondary N) is 1. The molecule has 0 fully saturated rings. The van der Waals surface area contributed by atoms with Gasteiger partial charge in [-0.2, -0.15) is 5.10 Å². The number of amides is 1. The van der Waals surface area contributed by atoms with Gasteiger partial charge in [0.2, 0.25) is 0 Å². The van der Waals surface area contributed by atoms with E-state index in [1.807, 2.05) is 18.2 Å². The first kappa shape index (κ1) is 21.0. The fourth-order valence-corrected chi connectivity index (χ4v) is 3.19. The van der Waals surface area contributed by atoms with Crippen molar-refractivity contribution in [2.75, 3.05) is 5.32 Å². The Balaban J connectivity index is 1.38. The molecule has 4 rings (SSSR count). The number of carbonyl (C=O) groups is 1. The van der Waals surface area contributed by atoms with Crippen LogP contribution in [0.3, 0.4) is 0 Å². The van der Waals surface area contributed by atoms with Crippen LogP contribution in [0.25, 0.3) is 0 Å². The Bertz CT molecular complexity index is 1200. The molecule has 2 heterocycles. The maximum Gasteiger partial charge on any atom is 0.292 e. The van der Waals surface area contributed by atoms with Crippen molar-refractivity contribution in [3.8, 4) is 5.75 Å². The monoisotopic (exact) mass is 459 g/mol. The van der Waals surface area contributed by atoms with Gasteiger partial charge in [-0.15, -0.1) is 0 Å². The standard InChI is InChI=1S/C22H16Cl2FN3O3/c23-18-4-2-1-3-14(18)11-28-12-19(24)21(27-28)26-22(29)20-10-9-17(31-20)13-30-16-7-5-15(25)6-8-16/h1-10,12H,11,13H2,(H,26,27,29). The van der Waals surface area contributed by atoms with E-state index in [1.165, 1.54) is 30.3 Å². The minimum atomic E-state index is -0.502. The third-order valence-corrected chi connectivity index (χ3v) is 4.96. The minimum Gasteiger partial charge on any atom is -0.486 e. The molecule has 0 aliphatic carbocycles. The largest absolute Gasteiger partial charge is 0.486 e. The minimum absolute atomic E-state index is 0.0782. The number of carbonyl (C=O) groups excluding carboxylic acids is 1. The Morgan fingerprint density at radius 1 is 1.06 bits per heavy atom. The van der Waals surface area contributed by atoms with Gasteiger partial charge in [-0.3, -0.25) is 9.48 Å². The van der Waals surface area contributed by atoms with E-state index in [9.17, 15) is 9.18 Å². The van der Waals surface area contributed by atoms with E-state index in [2.05, 4.69) is 10.4 Å². The van der Waals surface area contributed by atoms with Crippen LogP contribution in [0.1, 0.15) is 21.9 Å². The highest BCUT2D eigenvalue weighted by atomic mass is 35.5. The van der Waals surface area contributed by atoms with Crippen molar-refractivity contribution >= 4 is 34.9 Å². The molecule has 0 saturated carbocycles. The van der Waals surface area contributed by atoms with Gasteiger partial charge >= 0.3 is 0 Å². The average Bonchev–Trinajstić information content (AvgIpc) is 3.36. The summed E-state index contributed by atoms with van der Waals surface area (Å²) in [4.78, 5) is 12.5. The first-order valence-electron chi connectivity index (χ1n) is 9.23. The van der Waals surface area contributed by atoms with Crippen LogP contribution < -0.4 is 10.1 Å². The first-order chi connectivity index (χ1) is 15.0. The number of benzene rings is 2. The summed E-state index contributed by atoms with van der Waals surface area (Å²) >= 11 is 12.4. The smallest absolute Gasteiger partial charge is 0.292 e. The first-order valence-corrected chi connectivity index (χ1v) is 9.98. The van der Waals surface area contributed by atoms with Crippen LogP contribution in [0.4, 0.5) is 10.2 Å². The Labute approximate surface area is 187 Å². The van der Waals surface area contributed by atoms with Gasteiger partial charge in [0.1, 0.15) is 29.0 Å². The molecule has 4 aromatic rings.